The van der Waals surface area contributed by atoms with Gasteiger partial charge in [0, 0.05) is 19.0 Å². The van der Waals surface area contributed by atoms with E-state index in [0.29, 0.717) is 38.2 Å². The number of piperidine rings is 1. The van der Waals surface area contributed by atoms with Crippen LogP contribution in [0.4, 0.5) is 18.0 Å². The Labute approximate surface area is 177 Å². The van der Waals surface area contributed by atoms with Crippen LogP contribution in [0.25, 0.3) is 0 Å². The molecule has 10 heteroatoms. The zero-order valence-electron chi connectivity index (χ0n) is 16.8. The molecule has 0 radical (unpaired) electrons. The summed E-state index contributed by atoms with van der Waals surface area (Å²) in [6.45, 7) is 1.41. The number of nitrogens with zero attached hydrogens (tertiary/aromatic N) is 1. The van der Waals surface area contributed by atoms with Crippen LogP contribution in [0, 0.1) is 5.92 Å². The smallest absolute Gasteiger partial charge is 0.416 e. The number of halogens is 3. The maximum Gasteiger partial charge on any atom is 0.416 e. The number of carbonyl (C=O) groups is 2. The second kappa shape index (κ2) is 10.2. The van der Waals surface area contributed by atoms with Crippen LogP contribution < -0.4 is 15.4 Å². The molecule has 1 aromatic carbocycles. The first kappa shape index (κ1) is 22.5. The van der Waals surface area contributed by atoms with Crippen molar-refractivity contribution >= 4 is 11.9 Å². The first-order valence-corrected chi connectivity index (χ1v) is 9.96. The number of hydrogen-bond donors (Lipinski definition) is 2. The van der Waals surface area contributed by atoms with Gasteiger partial charge < -0.3 is 24.7 Å². The minimum Gasteiger partial charge on any atom is -0.492 e. The average molecular weight is 439 g/mol. The Bertz CT molecular complexity index is 863. The van der Waals surface area contributed by atoms with E-state index in [1.807, 2.05) is 0 Å². The molecule has 1 aliphatic heterocycles. The van der Waals surface area contributed by atoms with Gasteiger partial charge in [0.05, 0.1) is 24.9 Å². The van der Waals surface area contributed by atoms with Crippen LogP contribution in [0.1, 0.15) is 24.2 Å². The summed E-state index contributed by atoms with van der Waals surface area (Å²) >= 11 is 0. The number of likely N-dealkylation sites (tertiary alicyclic amines) is 1. The Hall–Kier alpha value is -3.17. The molecule has 1 aromatic heterocycles. The molecule has 1 saturated heterocycles. The number of ether oxygens (including phenoxy) is 1. The van der Waals surface area contributed by atoms with Crippen LogP contribution in [-0.4, -0.2) is 43.1 Å². The van der Waals surface area contributed by atoms with E-state index in [1.165, 1.54) is 12.1 Å². The average Bonchev–Trinajstić information content (AvgIpc) is 3.28. The van der Waals surface area contributed by atoms with Crippen molar-refractivity contribution in [3.05, 3.63) is 54.0 Å². The lowest BCUT2D eigenvalue weighted by molar-refractivity contribution is -0.137. The van der Waals surface area contributed by atoms with Crippen molar-refractivity contribution in [1.29, 1.82) is 0 Å². The first-order valence-electron chi connectivity index (χ1n) is 9.96. The van der Waals surface area contributed by atoms with Gasteiger partial charge in [-0.25, -0.2) is 4.79 Å². The number of hydrogen-bond acceptors (Lipinski definition) is 4. The van der Waals surface area contributed by atoms with Crippen LogP contribution >= 0.6 is 0 Å². The third kappa shape index (κ3) is 6.66. The zero-order valence-corrected chi connectivity index (χ0v) is 16.8. The van der Waals surface area contributed by atoms with Crippen LogP contribution in [0.5, 0.6) is 5.75 Å². The van der Waals surface area contributed by atoms with Crippen LogP contribution in [0.3, 0.4) is 0 Å². The second-order valence-corrected chi connectivity index (χ2v) is 7.16. The van der Waals surface area contributed by atoms with Crippen molar-refractivity contribution in [3.63, 3.8) is 0 Å². The van der Waals surface area contributed by atoms with Gasteiger partial charge >= 0.3 is 12.2 Å². The molecule has 3 amide bonds. The van der Waals surface area contributed by atoms with E-state index < -0.39 is 11.7 Å². The van der Waals surface area contributed by atoms with E-state index in [4.69, 9.17) is 9.15 Å². The quantitative estimate of drug-likeness (QED) is 0.648. The van der Waals surface area contributed by atoms with Crippen molar-refractivity contribution in [2.75, 3.05) is 26.2 Å². The molecular weight excluding hydrogens is 415 g/mol. The summed E-state index contributed by atoms with van der Waals surface area (Å²) in [5.74, 6) is 0.539. The standard InChI is InChI=1S/C21H24F3N3O4/c22-21(23,24)16-3-1-4-17(13-16)31-12-8-25-20(29)27-9-6-15(7-10-27)19(28)26-14-18-5-2-11-30-18/h1-5,11,13,15H,6-10,12,14H2,(H,25,29)(H,26,28). The fraction of sp³-hybridized carbons (Fsp3) is 0.429. The Balaban J connectivity index is 1.33. The maximum atomic E-state index is 12.7. The minimum atomic E-state index is -4.44. The molecule has 0 bridgehead atoms. The number of rotatable bonds is 7. The highest BCUT2D eigenvalue weighted by Crippen LogP contribution is 2.31. The lowest BCUT2D eigenvalue weighted by atomic mass is 9.96. The van der Waals surface area contributed by atoms with Gasteiger partial charge in [0.25, 0.3) is 0 Å². The molecule has 3 rings (SSSR count). The number of carbonyl (C=O) groups excluding carboxylic acids is 2. The molecule has 0 spiro atoms. The molecule has 31 heavy (non-hydrogen) atoms. The summed E-state index contributed by atoms with van der Waals surface area (Å²) in [7, 11) is 0. The molecule has 168 valence electrons. The SMILES string of the molecule is O=C(NCc1ccco1)C1CCN(C(=O)NCCOc2cccc(C(F)(F)F)c2)CC1. The van der Waals surface area contributed by atoms with Crippen LogP contribution in [0.2, 0.25) is 0 Å². The van der Waals surface area contributed by atoms with Gasteiger partial charge in [-0.2, -0.15) is 13.2 Å². The molecule has 1 fully saturated rings. The maximum absolute atomic E-state index is 12.7. The summed E-state index contributed by atoms with van der Waals surface area (Å²) < 4.78 is 48.6. The molecule has 0 atom stereocenters. The fourth-order valence-electron chi connectivity index (χ4n) is 3.28. The van der Waals surface area contributed by atoms with Crippen molar-refractivity contribution in [3.8, 4) is 5.75 Å². The summed E-state index contributed by atoms with van der Waals surface area (Å²) in [6, 6.07) is 7.83. The van der Waals surface area contributed by atoms with Gasteiger partial charge in [0.15, 0.2) is 0 Å². The molecule has 2 N–H and O–H groups in total. The lowest BCUT2D eigenvalue weighted by Gasteiger charge is -2.31. The summed E-state index contributed by atoms with van der Waals surface area (Å²) in [4.78, 5) is 26.1. The topological polar surface area (TPSA) is 83.8 Å². The first-order chi connectivity index (χ1) is 14.8. The van der Waals surface area contributed by atoms with Crippen molar-refractivity contribution in [2.45, 2.75) is 25.6 Å². The van der Waals surface area contributed by atoms with E-state index >= 15 is 0 Å². The van der Waals surface area contributed by atoms with Crippen LogP contribution in [0.15, 0.2) is 47.1 Å². The highest BCUT2D eigenvalue weighted by atomic mass is 19.4. The molecule has 7 nitrogen and oxygen atoms in total. The molecule has 2 heterocycles. The summed E-state index contributed by atoms with van der Waals surface area (Å²) in [5, 5.41) is 5.51. The second-order valence-electron chi connectivity index (χ2n) is 7.16. The van der Waals surface area contributed by atoms with Crippen molar-refractivity contribution < 1.29 is 31.9 Å². The molecule has 2 aromatic rings. The van der Waals surface area contributed by atoms with E-state index in [0.717, 1.165) is 12.1 Å². The van der Waals surface area contributed by atoms with Gasteiger partial charge in [-0.1, -0.05) is 6.07 Å². The predicted octanol–water partition coefficient (Wildman–Crippen LogP) is 3.42. The van der Waals surface area contributed by atoms with Gasteiger partial charge in [-0.15, -0.1) is 0 Å². The molecule has 1 aliphatic rings. The van der Waals surface area contributed by atoms with Crippen LogP contribution in [-0.2, 0) is 17.5 Å². The van der Waals surface area contributed by atoms with Gasteiger partial charge in [0.1, 0.15) is 18.1 Å². The van der Waals surface area contributed by atoms with Gasteiger partial charge in [0.2, 0.25) is 5.91 Å². The Morgan fingerprint density at radius 2 is 1.90 bits per heavy atom. The number of amides is 3. The monoisotopic (exact) mass is 439 g/mol. The predicted molar refractivity (Wildman–Crippen MR) is 105 cm³/mol. The Kier molecular flexibility index (Phi) is 7.43. The van der Waals surface area contributed by atoms with Crippen molar-refractivity contribution in [1.82, 2.24) is 15.5 Å². The van der Waals surface area contributed by atoms with Gasteiger partial charge in [-0.05, 0) is 43.2 Å². The normalized spacial score (nSPS) is 14.9. The third-order valence-electron chi connectivity index (χ3n) is 4.98. The number of urea groups is 1. The number of alkyl halides is 3. The van der Waals surface area contributed by atoms with E-state index in [1.54, 1.807) is 23.3 Å². The largest absolute Gasteiger partial charge is 0.492 e. The van der Waals surface area contributed by atoms with E-state index in [2.05, 4.69) is 10.6 Å². The summed E-state index contributed by atoms with van der Waals surface area (Å²) in [6.07, 6.45) is -1.78. The minimum absolute atomic E-state index is 0.0404. The zero-order chi connectivity index (χ0) is 22.3. The van der Waals surface area contributed by atoms with Gasteiger partial charge in [-0.3, -0.25) is 4.79 Å². The Morgan fingerprint density at radius 1 is 1.13 bits per heavy atom. The number of furan rings is 1. The summed E-state index contributed by atoms with van der Waals surface area (Å²) in [5.41, 5.74) is -0.787. The van der Waals surface area contributed by atoms with E-state index in [-0.39, 0.29) is 36.8 Å². The molecule has 0 saturated carbocycles. The highest BCUT2D eigenvalue weighted by Gasteiger charge is 2.30. The lowest BCUT2D eigenvalue weighted by Crippen LogP contribution is -2.47. The third-order valence-corrected chi connectivity index (χ3v) is 4.98. The fourth-order valence-corrected chi connectivity index (χ4v) is 3.28. The van der Waals surface area contributed by atoms with E-state index in [9.17, 15) is 22.8 Å². The molecular formula is C21H24F3N3O4. The number of nitrogens with one attached hydrogen (secondary N) is 2. The van der Waals surface area contributed by atoms with Crippen molar-refractivity contribution in [2.24, 2.45) is 5.92 Å². The molecule has 0 aliphatic carbocycles. The molecule has 0 unspecified atom stereocenters. The number of benzene rings is 1. The highest BCUT2D eigenvalue weighted by molar-refractivity contribution is 5.79. The Morgan fingerprint density at radius 3 is 2.58 bits per heavy atom.